The van der Waals surface area contributed by atoms with Crippen molar-refractivity contribution in [3.8, 4) is 5.75 Å². The molecule has 1 N–H and O–H groups in total. The van der Waals surface area contributed by atoms with E-state index in [2.05, 4.69) is 5.32 Å². The lowest BCUT2D eigenvalue weighted by atomic mass is 10.1. The summed E-state index contributed by atoms with van der Waals surface area (Å²) >= 11 is 0. The van der Waals surface area contributed by atoms with E-state index in [1.807, 2.05) is 12.1 Å². The van der Waals surface area contributed by atoms with Crippen molar-refractivity contribution in [2.24, 2.45) is 0 Å². The van der Waals surface area contributed by atoms with Crippen LogP contribution in [0.5, 0.6) is 5.75 Å². The van der Waals surface area contributed by atoms with Crippen LogP contribution in [0.2, 0.25) is 0 Å². The van der Waals surface area contributed by atoms with Crippen molar-refractivity contribution in [1.29, 1.82) is 0 Å². The number of ketones is 1. The van der Waals surface area contributed by atoms with Gasteiger partial charge in [0, 0.05) is 6.42 Å². The van der Waals surface area contributed by atoms with Gasteiger partial charge in [-0.25, -0.2) is 0 Å². The maximum atomic E-state index is 11.8. The van der Waals surface area contributed by atoms with E-state index in [0.717, 1.165) is 11.3 Å². The van der Waals surface area contributed by atoms with Gasteiger partial charge in [0.05, 0.1) is 20.2 Å². The highest BCUT2D eigenvalue weighted by molar-refractivity contribution is 5.80. The SMILES string of the molecule is COc1ccc(CCC(=O)CNCC(F)(F)F)cc1. The van der Waals surface area contributed by atoms with Gasteiger partial charge in [-0.1, -0.05) is 12.1 Å². The summed E-state index contributed by atoms with van der Waals surface area (Å²) in [6.45, 7) is -1.39. The maximum absolute atomic E-state index is 11.8. The van der Waals surface area contributed by atoms with Crippen LogP contribution in [0.1, 0.15) is 12.0 Å². The smallest absolute Gasteiger partial charge is 0.401 e. The van der Waals surface area contributed by atoms with Crippen LogP contribution < -0.4 is 10.1 Å². The monoisotopic (exact) mass is 275 g/mol. The Morgan fingerprint density at radius 2 is 1.89 bits per heavy atom. The van der Waals surface area contributed by atoms with Crippen molar-refractivity contribution in [3.63, 3.8) is 0 Å². The Balaban J connectivity index is 2.26. The first kappa shape index (κ1) is 15.5. The molecule has 3 nitrogen and oxygen atoms in total. The van der Waals surface area contributed by atoms with Gasteiger partial charge in [-0.3, -0.25) is 4.79 Å². The van der Waals surface area contributed by atoms with Crippen LogP contribution in [0.15, 0.2) is 24.3 Å². The lowest BCUT2D eigenvalue weighted by Crippen LogP contribution is -2.32. The standard InChI is InChI=1S/C13H16F3NO2/c1-19-12-6-3-10(4-7-12)2-5-11(18)8-17-9-13(14,15)16/h3-4,6-7,17H,2,5,8-9H2,1H3. The van der Waals surface area contributed by atoms with Gasteiger partial charge in [-0.05, 0) is 24.1 Å². The van der Waals surface area contributed by atoms with Gasteiger partial charge in [-0.15, -0.1) is 0 Å². The molecule has 106 valence electrons. The molecule has 0 unspecified atom stereocenters. The second kappa shape index (κ2) is 7.13. The lowest BCUT2D eigenvalue weighted by molar-refractivity contribution is -0.127. The van der Waals surface area contributed by atoms with E-state index in [4.69, 9.17) is 4.74 Å². The molecule has 0 amide bonds. The Kier molecular flexibility index (Phi) is 5.82. The molecule has 1 rings (SSSR count). The molecule has 19 heavy (non-hydrogen) atoms. The fourth-order valence-corrected chi connectivity index (χ4v) is 1.51. The number of Topliss-reactive ketones (excluding diaryl/α,β-unsaturated/α-hetero) is 1. The Labute approximate surface area is 109 Å². The number of benzene rings is 1. The summed E-state index contributed by atoms with van der Waals surface area (Å²) < 4.78 is 40.5. The summed E-state index contributed by atoms with van der Waals surface area (Å²) in [7, 11) is 1.56. The number of hydrogen-bond acceptors (Lipinski definition) is 3. The molecule has 0 aliphatic rings. The first-order chi connectivity index (χ1) is 8.90. The van der Waals surface area contributed by atoms with Crippen LogP contribution in [0.25, 0.3) is 0 Å². The third-order valence-corrected chi connectivity index (χ3v) is 2.50. The number of aryl methyl sites for hydroxylation is 1. The first-order valence-corrected chi connectivity index (χ1v) is 5.83. The summed E-state index contributed by atoms with van der Waals surface area (Å²) in [4.78, 5) is 11.4. The van der Waals surface area contributed by atoms with Crippen LogP contribution in [0.3, 0.4) is 0 Å². The van der Waals surface area contributed by atoms with E-state index in [9.17, 15) is 18.0 Å². The van der Waals surface area contributed by atoms with Crippen LogP contribution in [0, 0.1) is 0 Å². The highest BCUT2D eigenvalue weighted by Gasteiger charge is 2.26. The van der Waals surface area contributed by atoms with E-state index < -0.39 is 12.7 Å². The second-order valence-corrected chi connectivity index (χ2v) is 4.11. The van der Waals surface area contributed by atoms with Gasteiger partial charge in [0.1, 0.15) is 11.5 Å². The summed E-state index contributed by atoms with van der Waals surface area (Å²) in [6.07, 6.45) is -3.55. The number of alkyl halides is 3. The van der Waals surface area contributed by atoms with E-state index >= 15 is 0 Å². The minimum absolute atomic E-state index is 0.219. The third-order valence-electron chi connectivity index (χ3n) is 2.50. The van der Waals surface area contributed by atoms with Crippen molar-refractivity contribution >= 4 is 5.78 Å². The van der Waals surface area contributed by atoms with Crippen molar-refractivity contribution in [1.82, 2.24) is 5.32 Å². The zero-order chi connectivity index (χ0) is 14.3. The fraction of sp³-hybridized carbons (Fsp3) is 0.462. The van der Waals surface area contributed by atoms with Gasteiger partial charge in [0.2, 0.25) is 0 Å². The van der Waals surface area contributed by atoms with E-state index in [0.29, 0.717) is 6.42 Å². The molecule has 0 fully saturated rings. The van der Waals surface area contributed by atoms with Gasteiger partial charge < -0.3 is 10.1 Å². The highest BCUT2D eigenvalue weighted by Crippen LogP contribution is 2.13. The van der Waals surface area contributed by atoms with Crippen LogP contribution in [-0.2, 0) is 11.2 Å². The predicted octanol–water partition coefficient (Wildman–Crippen LogP) is 2.35. The molecule has 0 saturated heterocycles. The Morgan fingerprint density at radius 3 is 2.42 bits per heavy atom. The lowest BCUT2D eigenvalue weighted by Gasteiger charge is -2.07. The summed E-state index contributed by atoms with van der Waals surface area (Å²) in [5, 5.41) is 2.09. The molecule has 1 aromatic rings. The highest BCUT2D eigenvalue weighted by atomic mass is 19.4. The molecule has 0 aromatic heterocycles. The molecule has 6 heteroatoms. The number of ether oxygens (including phenoxy) is 1. The molecule has 0 heterocycles. The Morgan fingerprint density at radius 1 is 1.26 bits per heavy atom. The van der Waals surface area contributed by atoms with Gasteiger partial charge in [0.15, 0.2) is 0 Å². The number of carbonyl (C=O) groups is 1. The number of rotatable bonds is 7. The topological polar surface area (TPSA) is 38.3 Å². The summed E-state index contributed by atoms with van der Waals surface area (Å²) in [5.41, 5.74) is 0.949. The molecule has 0 aliphatic carbocycles. The summed E-state index contributed by atoms with van der Waals surface area (Å²) in [6, 6.07) is 7.22. The normalized spacial score (nSPS) is 11.4. The number of carbonyl (C=O) groups excluding carboxylic acids is 1. The number of nitrogens with one attached hydrogen (secondary N) is 1. The Bertz CT molecular complexity index is 401. The zero-order valence-corrected chi connectivity index (χ0v) is 10.6. The van der Waals surface area contributed by atoms with Gasteiger partial charge in [0.25, 0.3) is 0 Å². The average molecular weight is 275 g/mol. The fourth-order valence-electron chi connectivity index (χ4n) is 1.51. The quantitative estimate of drug-likeness (QED) is 0.830. The predicted molar refractivity (Wildman–Crippen MR) is 65.2 cm³/mol. The van der Waals surface area contributed by atoms with E-state index in [-0.39, 0.29) is 18.7 Å². The maximum Gasteiger partial charge on any atom is 0.401 e. The van der Waals surface area contributed by atoms with E-state index in [1.54, 1.807) is 19.2 Å². The summed E-state index contributed by atoms with van der Waals surface area (Å²) in [5.74, 6) is 0.488. The van der Waals surface area contributed by atoms with Crippen LogP contribution in [0.4, 0.5) is 13.2 Å². The van der Waals surface area contributed by atoms with Crippen molar-refractivity contribution in [2.45, 2.75) is 19.0 Å². The van der Waals surface area contributed by atoms with Gasteiger partial charge in [-0.2, -0.15) is 13.2 Å². The Hall–Kier alpha value is -1.56. The molecular weight excluding hydrogens is 259 g/mol. The minimum atomic E-state index is -4.28. The minimum Gasteiger partial charge on any atom is -0.497 e. The zero-order valence-electron chi connectivity index (χ0n) is 10.6. The largest absolute Gasteiger partial charge is 0.497 e. The van der Waals surface area contributed by atoms with Crippen LogP contribution >= 0.6 is 0 Å². The average Bonchev–Trinajstić information content (AvgIpc) is 2.35. The molecule has 0 saturated carbocycles. The molecule has 0 bridgehead atoms. The molecule has 0 spiro atoms. The first-order valence-electron chi connectivity index (χ1n) is 5.83. The second-order valence-electron chi connectivity index (χ2n) is 4.11. The van der Waals surface area contributed by atoms with Crippen LogP contribution in [-0.4, -0.2) is 32.2 Å². The van der Waals surface area contributed by atoms with Crippen molar-refractivity contribution < 1.29 is 22.7 Å². The number of hydrogen-bond donors (Lipinski definition) is 1. The van der Waals surface area contributed by atoms with Crippen molar-refractivity contribution in [3.05, 3.63) is 29.8 Å². The molecular formula is C13H16F3NO2. The number of halogens is 3. The van der Waals surface area contributed by atoms with E-state index in [1.165, 1.54) is 0 Å². The van der Waals surface area contributed by atoms with Gasteiger partial charge >= 0.3 is 6.18 Å². The third kappa shape index (κ3) is 6.81. The molecule has 0 radical (unpaired) electrons. The number of methoxy groups -OCH3 is 1. The molecule has 0 aliphatic heterocycles. The molecule has 1 aromatic carbocycles. The van der Waals surface area contributed by atoms with Crippen molar-refractivity contribution in [2.75, 3.05) is 20.2 Å². The molecule has 0 atom stereocenters.